The Balaban J connectivity index is 2.89. The van der Waals surface area contributed by atoms with Crippen molar-refractivity contribution in [1.82, 2.24) is 0 Å². The average Bonchev–Trinajstić information content (AvgIpc) is 2.31. The monoisotopic (exact) mass is 242 g/mol. The number of nitrogens with two attached hydrogens (primary N) is 1. The van der Waals surface area contributed by atoms with Gasteiger partial charge >= 0.3 is 0 Å². The van der Waals surface area contributed by atoms with Gasteiger partial charge in [-0.1, -0.05) is 6.92 Å². The molecule has 0 bridgehead atoms. The van der Waals surface area contributed by atoms with E-state index in [0.717, 1.165) is 6.42 Å². The van der Waals surface area contributed by atoms with Gasteiger partial charge in [0, 0.05) is 24.8 Å². The van der Waals surface area contributed by atoms with Crippen LogP contribution in [-0.4, -0.2) is 24.9 Å². The molecule has 0 amide bonds. The second-order valence-electron chi connectivity index (χ2n) is 3.84. The summed E-state index contributed by atoms with van der Waals surface area (Å²) in [6.07, 6.45) is 1.47. The number of nitrogens with one attached hydrogen (secondary N) is 1. The lowest BCUT2D eigenvalue weighted by Gasteiger charge is -2.19. The molecule has 1 aromatic rings. The number of rotatable bonds is 6. The Hall–Kier alpha value is -1.49. The summed E-state index contributed by atoms with van der Waals surface area (Å²) in [5.41, 5.74) is 6.68. The molecule has 0 saturated heterocycles. The maximum absolute atomic E-state index is 13.3. The number of anilines is 2. The van der Waals surface area contributed by atoms with Crippen molar-refractivity contribution >= 4 is 11.4 Å². The van der Waals surface area contributed by atoms with Crippen LogP contribution in [0.3, 0.4) is 0 Å². The van der Waals surface area contributed by atoms with Gasteiger partial charge in [0.05, 0.1) is 18.5 Å². The summed E-state index contributed by atoms with van der Waals surface area (Å²) in [7, 11) is 1.41. The molecule has 17 heavy (non-hydrogen) atoms. The van der Waals surface area contributed by atoms with E-state index in [2.05, 4.69) is 5.32 Å². The number of benzene rings is 1. The number of hydrogen-bond acceptors (Lipinski definition) is 4. The Labute approximate surface area is 101 Å². The zero-order valence-electron chi connectivity index (χ0n) is 10.2. The minimum atomic E-state index is -0.481. The van der Waals surface area contributed by atoms with Gasteiger partial charge in [-0.15, -0.1) is 0 Å². The SMILES string of the molecule is CCC(CCO)Nc1cc(OC)c(F)cc1N. The van der Waals surface area contributed by atoms with Crippen molar-refractivity contribution in [1.29, 1.82) is 0 Å². The average molecular weight is 242 g/mol. The molecule has 0 heterocycles. The minimum absolute atomic E-state index is 0.101. The fourth-order valence-electron chi connectivity index (χ4n) is 1.60. The highest BCUT2D eigenvalue weighted by atomic mass is 19.1. The van der Waals surface area contributed by atoms with Crippen molar-refractivity contribution in [3.05, 3.63) is 17.9 Å². The van der Waals surface area contributed by atoms with Crippen LogP contribution in [-0.2, 0) is 0 Å². The molecule has 1 atom stereocenters. The third-order valence-electron chi connectivity index (χ3n) is 2.65. The van der Waals surface area contributed by atoms with Crippen molar-refractivity contribution in [2.75, 3.05) is 24.8 Å². The molecule has 0 spiro atoms. The number of nitrogen functional groups attached to an aromatic ring is 1. The van der Waals surface area contributed by atoms with Crippen molar-refractivity contribution in [2.24, 2.45) is 0 Å². The first-order valence-corrected chi connectivity index (χ1v) is 5.62. The molecule has 0 aromatic heterocycles. The maximum Gasteiger partial charge on any atom is 0.167 e. The highest BCUT2D eigenvalue weighted by molar-refractivity contribution is 5.68. The van der Waals surface area contributed by atoms with Crippen LogP contribution in [0.25, 0.3) is 0 Å². The van der Waals surface area contributed by atoms with Gasteiger partial charge in [0.25, 0.3) is 0 Å². The van der Waals surface area contributed by atoms with Gasteiger partial charge in [-0.3, -0.25) is 0 Å². The molecule has 5 heteroatoms. The second kappa shape index (κ2) is 6.30. The largest absolute Gasteiger partial charge is 0.494 e. The van der Waals surface area contributed by atoms with E-state index >= 15 is 0 Å². The van der Waals surface area contributed by atoms with Crippen LogP contribution in [0.15, 0.2) is 12.1 Å². The van der Waals surface area contributed by atoms with E-state index in [4.69, 9.17) is 15.6 Å². The number of ether oxygens (including phenoxy) is 1. The van der Waals surface area contributed by atoms with E-state index in [1.165, 1.54) is 19.2 Å². The third-order valence-corrected chi connectivity index (χ3v) is 2.65. The molecule has 96 valence electrons. The Morgan fingerprint density at radius 2 is 2.24 bits per heavy atom. The molecule has 4 nitrogen and oxygen atoms in total. The van der Waals surface area contributed by atoms with Crippen LogP contribution in [0.5, 0.6) is 5.75 Å². The highest BCUT2D eigenvalue weighted by Gasteiger charge is 2.11. The molecule has 0 aliphatic heterocycles. The van der Waals surface area contributed by atoms with Crippen LogP contribution in [0.2, 0.25) is 0 Å². The molecule has 4 N–H and O–H groups in total. The second-order valence-corrected chi connectivity index (χ2v) is 3.84. The highest BCUT2D eigenvalue weighted by Crippen LogP contribution is 2.28. The summed E-state index contributed by atoms with van der Waals surface area (Å²) in [5.74, 6) is -0.327. The van der Waals surface area contributed by atoms with E-state index < -0.39 is 5.82 Å². The number of aliphatic hydroxyl groups is 1. The molecule has 0 radical (unpaired) electrons. The first kappa shape index (κ1) is 13.6. The summed E-state index contributed by atoms with van der Waals surface area (Å²) in [6, 6.07) is 2.87. The first-order chi connectivity index (χ1) is 8.12. The van der Waals surface area contributed by atoms with Gasteiger partial charge in [-0.05, 0) is 12.8 Å². The van der Waals surface area contributed by atoms with Gasteiger partial charge in [0.2, 0.25) is 0 Å². The smallest absolute Gasteiger partial charge is 0.167 e. The van der Waals surface area contributed by atoms with Crippen LogP contribution < -0.4 is 15.8 Å². The van der Waals surface area contributed by atoms with Gasteiger partial charge < -0.3 is 20.9 Å². The predicted octanol–water partition coefficient (Wildman–Crippen LogP) is 1.99. The van der Waals surface area contributed by atoms with Crippen LogP contribution in [0, 0.1) is 5.82 Å². The van der Waals surface area contributed by atoms with Crippen molar-refractivity contribution < 1.29 is 14.2 Å². The van der Waals surface area contributed by atoms with Gasteiger partial charge in [-0.25, -0.2) is 4.39 Å². The number of hydrogen-bond donors (Lipinski definition) is 3. The summed E-state index contributed by atoms with van der Waals surface area (Å²) in [6.45, 7) is 2.11. The van der Waals surface area contributed by atoms with E-state index in [1.807, 2.05) is 6.92 Å². The molecule has 0 fully saturated rings. The molecule has 0 aliphatic rings. The predicted molar refractivity (Wildman–Crippen MR) is 66.8 cm³/mol. The molecule has 0 aliphatic carbocycles. The van der Waals surface area contributed by atoms with Crippen molar-refractivity contribution in [2.45, 2.75) is 25.8 Å². The zero-order chi connectivity index (χ0) is 12.8. The van der Waals surface area contributed by atoms with E-state index in [0.29, 0.717) is 17.8 Å². The van der Waals surface area contributed by atoms with Gasteiger partial charge in [0.15, 0.2) is 11.6 Å². The Morgan fingerprint density at radius 3 is 2.76 bits per heavy atom. The van der Waals surface area contributed by atoms with Crippen LogP contribution in [0.1, 0.15) is 19.8 Å². The summed E-state index contributed by atoms with van der Waals surface area (Å²) >= 11 is 0. The fraction of sp³-hybridized carbons (Fsp3) is 0.500. The summed E-state index contributed by atoms with van der Waals surface area (Å²) < 4.78 is 18.2. The zero-order valence-corrected chi connectivity index (χ0v) is 10.2. The summed E-state index contributed by atoms with van der Waals surface area (Å²) in [5, 5.41) is 12.1. The van der Waals surface area contributed by atoms with Crippen LogP contribution in [0.4, 0.5) is 15.8 Å². The molecular formula is C12H19FN2O2. The first-order valence-electron chi connectivity index (χ1n) is 5.62. The Kier molecular flexibility index (Phi) is 5.03. The number of aliphatic hydroxyl groups excluding tert-OH is 1. The third kappa shape index (κ3) is 3.49. The molecular weight excluding hydrogens is 223 g/mol. The normalized spacial score (nSPS) is 12.2. The molecule has 0 saturated carbocycles. The molecule has 1 rings (SSSR count). The van der Waals surface area contributed by atoms with Gasteiger partial charge in [0.1, 0.15) is 0 Å². The molecule has 1 aromatic carbocycles. The Bertz CT molecular complexity index is 372. The quantitative estimate of drug-likeness (QED) is 0.667. The Morgan fingerprint density at radius 1 is 1.53 bits per heavy atom. The minimum Gasteiger partial charge on any atom is -0.494 e. The summed E-state index contributed by atoms with van der Waals surface area (Å²) in [4.78, 5) is 0. The van der Waals surface area contributed by atoms with Crippen molar-refractivity contribution in [3.8, 4) is 5.75 Å². The maximum atomic E-state index is 13.3. The lowest BCUT2D eigenvalue weighted by Crippen LogP contribution is -2.20. The topological polar surface area (TPSA) is 67.5 Å². The van der Waals surface area contributed by atoms with E-state index in [9.17, 15) is 4.39 Å². The van der Waals surface area contributed by atoms with Crippen LogP contribution >= 0.6 is 0 Å². The number of methoxy groups -OCH3 is 1. The molecule has 1 unspecified atom stereocenters. The lowest BCUT2D eigenvalue weighted by molar-refractivity contribution is 0.278. The standard InChI is InChI=1S/C12H19FN2O2/c1-3-8(4-5-16)15-11-7-12(17-2)9(13)6-10(11)14/h6-8,15-16H,3-5,14H2,1-2H3. The van der Waals surface area contributed by atoms with E-state index in [-0.39, 0.29) is 18.4 Å². The number of halogens is 1. The fourth-order valence-corrected chi connectivity index (χ4v) is 1.60. The lowest BCUT2D eigenvalue weighted by atomic mass is 10.1. The van der Waals surface area contributed by atoms with E-state index in [1.54, 1.807) is 0 Å². The van der Waals surface area contributed by atoms with Gasteiger partial charge in [-0.2, -0.15) is 0 Å². The van der Waals surface area contributed by atoms with Crippen molar-refractivity contribution in [3.63, 3.8) is 0 Å².